The Labute approximate surface area is 126 Å². The first kappa shape index (κ1) is 15.9. The quantitative estimate of drug-likeness (QED) is 0.681. The number of nitrogens with one attached hydrogen (secondary N) is 1. The molecule has 116 valence electrons. The van der Waals surface area contributed by atoms with E-state index in [1.54, 1.807) is 12.1 Å². The van der Waals surface area contributed by atoms with Crippen LogP contribution in [-0.2, 0) is 14.6 Å². The summed E-state index contributed by atoms with van der Waals surface area (Å²) >= 11 is 0. The third-order valence-corrected chi connectivity index (χ3v) is 5.25. The number of anilines is 1. The lowest BCUT2D eigenvalue weighted by Gasteiger charge is -2.29. The maximum Gasteiger partial charge on any atom is 0.347 e. The Morgan fingerprint density at radius 3 is 2.55 bits per heavy atom. The van der Waals surface area contributed by atoms with Crippen molar-refractivity contribution >= 4 is 21.6 Å². The summed E-state index contributed by atoms with van der Waals surface area (Å²) in [6.07, 6.45) is 3.86. The van der Waals surface area contributed by atoms with Gasteiger partial charge in [0.1, 0.15) is 5.82 Å². The summed E-state index contributed by atoms with van der Waals surface area (Å²) in [5.74, 6) is -1.53. The van der Waals surface area contributed by atoms with Crippen molar-refractivity contribution in [1.82, 2.24) is 9.97 Å². The minimum Gasteiger partial charge on any atom is -0.479 e. The smallest absolute Gasteiger partial charge is 0.347 e. The summed E-state index contributed by atoms with van der Waals surface area (Å²) in [6, 6.07) is 7.32. The number of hydrogen-bond acceptors (Lipinski definition) is 7. The van der Waals surface area contributed by atoms with Gasteiger partial charge in [-0.1, -0.05) is 6.07 Å². The summed E-state index contributed by atoms with van der Waals surface area (Å²) in [5, 5.41) is 11.9. The zero-order valence-electron chi connectivity index (χ0n) is 11.4. The van der Waals surface area contributed by atoms with Gasteiger partial charge in [0.2, 0.25) is 9.84 Å². The molecule has 2 heterocycles. The van der Waals surface area contributed by atoms with Crippen molar-refractivity contribution < 1.29 is 18.3 Å². The predicted octanol–water partition coefficient (Wildman–Crippen LogP) is 0.102. The molecule has 0 radical (unpaired) electrons. The van der Waals surface area contributed by atoms with Crippen LogP contribution in [0.3, 0.4) is 0 Å². The van der Waals surface area contributed by atoms with Gasteiger partial charge >= 0.3 is 5.97 Å². The minimum absolute atomic E-state index is 0.0859. The molecular formula is C13H14N4O4S. The van der Waals surface area contributed by atoms with Gasteiger partial charge in [-0.2, -0.15) is 0 Å². The second-order valence-corrected chi connectivity index (χ2v) is 6.54. The molecular weight excluding hydrogens is 308 g/mol. The molecule has 2 aromatic heterocycles. The molecule has 1 unspecified atom stereocenters. The van der Waals surface area contributed by atoms with E-state index < -0.39 is 27.2 Å². The number of sulfone groups is 1. The topological polar surface area (TPSA) is 135 Å². The van der Waals surface area contributed by atoms with E-state index in [1.807, 2.05) is 0 Å². The number of pyridine rings is 2. The van der Waals surface area contributed by atoms with Crippen molar-refractivity contribution in [3.8, 4) is 0 Å². The van der Waals surface area contributed by atoms with E-state index in [2.05, 4.69) is 15.3 Å². The van der Waals surface area contributed by atoms with Crippen LogP contribution in [0.4, 0.5) is 5.82 Å². The molecule has 0 amide bonds. The van der Waals surface area contributed by atoms with Crippen LogP contribution in [0.5, 0.6) is 0 Å². The second kappa shape index (κ2) is 6.08. The maximum atomic E-state index is 12.7. The van der Waals surface area contributed by atoms with Crippen LogP contribution in [0.15, 0.2) is 53.8 Å². The highest BCUT2D eigenvalue weighted by Crippen LogP contribution is 2.26. The highest BCUT2D eigenvalue weighted by atomic mass is 32.2. The average Bonchev–Trinajstić information content (AvgIpc) is 2.54. The van der Waals surface area contributed by atoms with Crippen LogP contribution in [0.1, 0.15) is 0 Å². The lowest BCUT2D eigenvalue weighted by molar-refractivity contribution is -0.139. The SMILES string of the molecule is NCC(Nc1ccccn1)(C(=O)O)S(=O)(=O)c1cccnc1. The van der Waals surface area contributed by atoms with Gasteiger partial charge in [-0.25, -0.2) is 18.2 Å². The molecule has 0 saturated heterocycles. The molecule has 22 heavy (non-hydrogen) atoms. The van der Waals surface area contributed by atoms with E-state index in [4.69, 9.17) is 5.73 Å². The molecule has 2 rings (SSSR count). The molecule has 0 bridgehead atoms. The lowest BCUT2D eigenvalue weighted by Crippen LogP contribution is -2.58. The lowest BCUT2D eigenvalue weighted by atomic mass is 10.3. The third kappa shape index (κ3) is 2.63. The van der Waals surface area contributed by atoms with Gasteiger partial charge in [0.15, 0.2) is 0 Å². The summed E-state index contributed by atoms with van der Waals surface area (Å²) in [6.45, 7) is -0.684. The number of aliphatic carboxylic acids is 1. The Morgan fingerprint density at radius 1 is 1.27 bits per heavy atom. The summed E-state index contributed by atoms with van der Waals surface area (Å²) in [7, 11) is -4.35. The van der Waals surface area contributed by atoms with Crippen molar-refractivity contribution in [2.45, 2.75) is 9.77 Å². The number of carbonyl (C=O) groups is 1. The molecule has 0 aliphatic heterocycles. The summed E-state index contributed by atoms with van der Waals surface area (Å²) in [5.41, 5.74) is 5.51. The number of carboxylic acid groups (broad SMARTS) is 1. The zero-order valence-corrected chi connectivity index (χ0v) is 12.2. The van der Waals surface area contributed by atoms with Gasteiger partial charge in [-0.15, -0.1) is 0 Å². The standard InChI is InChI=1S/C13H14N4O4S/c14-9-13(12(18)19,17-11-5-1-2-7-16-11)22(20,21)10-4-3-6-15-8-10/h1-8H,9,14H2,(H,16,17)(H,18,19). The molecule has 4 N–H and O–H groups in total. The fourth-order valence-electron chi connectivity index (χ4n) is 1.83. The van der Waals surface area contributed by atoms with Gasteiger partial charge in [0.05, 0.1) is 4.90 Å². The molecule has 2 aromatic rings. The Kier molecular flexibility index (Phi) is 4.38. The number of aromatic nitrogens is 2. The van der Waals surface area contributed by atoms with Crippen molar-refractivity contribution in [3.63, 3.8) is 0 Å². The molecule has 0 aliphatic rings. The highest BCUT2D eigenvalue weighted by molar-refractivity contribution is 7.93. The Morgan fingerprint density at radius 2 is 2.05 bits per heavy atom. The first-order valence-corrected chi connectivity index (χ1v) is 7.70. The minimum atomic E-state index is -4.35. The van der Waals surface area contributed by atoms with Crippen molar-refractivity contribution in [2.24, 2.45) is 5.73 Å². The van der Waals surface area contributed by atoms with Crippen LogP contribution < -0.4 is 11.1 Å². The monoisotopic (exact) mass is 322 g/mol. The largest absolute Gasteiger partial charge is 0.479 e. The third-order valence-electron chi connectivity index (χ3n) is 3.03. The van der Waals surface area contributed by atoms with E-state index in [1.165, 1.54) is 30.6 Å². The van der Waals surface area contributed by atoms with Crippen LogP contribution >= 0.6 is 0 Å². The van der Waals surface area contributed by atoms with Crippen molar-refractivity contribution in [2.75, 3.05) is 11.9 Å². The molecule has 8 nitrogen and oxygen atoms in total. The van der Waals surface area contributed by atoms with Gasteiger partial charge < -0.3 is 16.2 Å². The van der Waals surface area contributed by atoms with E-state index in [0.717, 1.165) is 6.20 Å². The predicted molar refractivity (Wildman–Crippen MR) is 78.7 cm³/mol. The number of nitrogens with zero attached hydrogens (tertiary/aromatic N) is 2. The van der Waals surface area contributed by atoms with E-state index in [9.17, 15) is 18.3 Å². The van der Waals surface area contributed by atoms with Gasteiger partial charge in [-0.3, -0.25) is 4.98 Å². The van der Waals surface area contributed by atoms with Crippen molar-refractivity contribution in [3.05, 3.63) is 48.9 Å². The molecule has 0 fully saturated rings. The van der Waals surface area contributed by atoms with Crippen LogP contribution in [0, 0.1) is 0 Å². The Bertz CT molecular complexity index is 752. The van der Waals surface area contributed by atoms with Crippen LogP contribution in [-0.4, -0.2) is 40.9 Å². The molecule has 0 aromatic carbocycles. The van der Waals surface area contributed by atoms with Crippen molar-refractivity contribution in [1.29, 1.82) is 0 Å². The van der Waals surface area contributed by atoms with E-state index in [0.29, 0.717) is 0 Å². The fraction of sp³-hybridized carbons (Fsp3) is 0.154. The number of carboxylic acids is 1. The average molecular weight is 322 g/mol. The maximum absolute atomic E-state index is 12.7. The summed E-state index contributed by atoms with van der Waals surface area (Å²) in [4.78, 5) is 16.6. The first-order chi connectivity index (χ1) is 10.4. The molecule has 1 atom stereocenters. The zero-order chi connectivity index (χ0) is 16.2. The normalized spacial score (nSPS) is 14.0. The first-order valence-electron chi connectivity index (χ1n) is 6.21. The van der Waals surface area contributed by atoms with Crippen LogP contribution in [0.2, 0.25) is 0 Å². The van der Waals surface area contributed by atoms with Gasteiger partial charge in [0, 0.05) is 25.1 Å². The second-order valence-electron chi connectivity index (χ2n) is 4.37. The Balaban J connectivity index is 2.57. The number of rotatable bonds is 6. The van der Waals surface area contributed by atoms with Crippen LogP contribution in [0.25, 0.3) is 0 Å². The van der Waals surface area contributed by atoms with E-state index in [-0.39, 0.29) is 10.7 Å². The molecule has 0 spiro atoms. The number of nitrogens with two attached hydrogens (primary N) is 1. The molecule has 9 heteroatoms. The fourth-order valence-corrected chi connectivity index (χ4v) is 3.38. The van der Waals surface area contributed by atoms with Gasteiger partial charge in [0.25, 0.3) is 4.87 Å². The number of hydrogen-bond donors (Lipinski definition) is 3. The molecule has 0 aliphatic carbocycles. The highest BCUT2D eigenvalue weighted by Gasteiger charge is 2.51. The van der Waals surface area contributed by atoms with E-state index >= 15 is 0 Å². The van der Waals surface area contributed by atoms with Gasteiger partial charge in [-0.05, 0) is 24.3 Å². The Hall–Kier alpha value is -2.52. The molecule has 0 saturated carbocycles. The summed E-state index contributed by atoms with van der Waals surface area (Å²) < 4.78 is 25.5.